The van der Waals surface area contributed by atoms with Crippen LogP contribution in [0.25, 0.3) is 10.9 Å². The first-order valence-electron chi connectivity index (χ1n) is 11.2. The molecular weight excluding hydrogens is 430 g/mol. The molecule has 0 spiro atoms. The summed E-state index contributed by atoms with van der Waals surface area (Å²) < 4.78 is 0. The van der Waals surface area contributed by atoms with E-state index in [1.165, 1.54) is 17.7 Å². The number of nitro benzene ring substituents is 1. The molecule has 0 unspecified atom stereocenters. The number of rotatable bonds is 6. The van der Waals surface area contributed by atoms with E-state index in [4.69, 9.17) is 4.99 Å². The van der Waals surface area contributed by atoms with Crippen LogP contribution in [0.1, 0.15) is 16.7 Å². The van der Waals surface area contributed by atoms with Crippen molar-refractivity contribution in [3.8, 4) is 5.88 Å². The van der Waals surface area contributed by atoms with Crippen LogP contribution in [0.2, 0.25) is 0 Å². The van der Waals surface area contributed by atoms with Gasteiger partial charge in [0.2, 0.25) is 0 Å². The van der Waals surface area contributed by atoms with Crippen molar-refractivity contribution in [2.24, 2.45) is 4.99 Å². The third-order valence-electron chi connectivity index (χ3n) is 6.05. The SMILES string of the molecule is O=[N+]([O-])c1ccc2[nH]c(O)c(C(=Nc3ccc(CN4CCNCC4)cc3)c3ccccc3)c2c1. The van der Waals surface area contributed by atoms with Gasteiger partial charge in [0.25, 0.3) is 5.69 Å². The number of piperazine rings is 1. The fourth-order valence-corrected chi connectivity index (χ4v) is 4.31. The largest absolute Gasteiger partial charge is 0.494 e. The normalized spacial score (nSPS) is 15.0. The van der Waals surface area contributed by atoms with Crippen LogP contribution in [0.4, 0.5) is 11.4 Å². The summed E-state index contributed by atoms with van der Waals surface area (Å²) in [5.41, 5.74) is 4.30. The van der Waals surface area contributed by atoms with Gasteiger partial charge in [-0.25, -0.2) is 4.99 Å². The van der Waals surface area contributed by atoms with Gasteiger partial charge in [-0.05, 0) is 23.8 Å². The van der Waals surface area contributed by atoms with E-state index < -0.39 is 4.92 Å². The fourth-order valence-electron chi connectivity index (χ4n) is 4.31. The molecule has 0 aliphatic carbocycles. The molecule has 1 fully saturated rings. The summed E-state index contributed by atoms with van der Waals surface area (Å²) in [6.07, 6.45) is 0. The number of hydrogen-bond donors (Lipinski definition) is 3. The van der Waals surface area contributed by atoms with Gasteiger partial charge in [0, 0.05) is 61.3 Å². The third-order valence-corrected chi connectivity index (χ3v) is 6.05. The second kappa shape index (κ2) is 9.46. The molecule has 5 rings (SSSR count). The zero-order valence-electron chi connectivity index (χ0n) is 18.6. The molecule has 3 aromatic carbocycles. The van der Waals surface area contributed by atoms with Crippen LogP contribution in [0, 0.1) is 10.1 Å². The van der Waals surface area contributed by atoms with Crippen molar-refractivity contribution in [3.63, 3.8) is 0 Å². The van der Waals surface area contributed by atoms with Crippen LogP contribution in [0.3, 0.4) is 0 Å². The van der Waals surface area contributed by atoms with Gasteiger partial charge in [-0.15, -0.1) is 0 Å². The van der Waals surface area contributed by atoms with Crippen LogP contribution >= 0.6 is 0 Å². The molecule has 2 heterocycles. The quantitative estimate of drug-likeness (QED) is 0.228. The summed E-state index contributed by atoms with van der Waals surface area (Å²) in [6.45, 7) is 4.97. The van der Waals surface area contributed by atoms with E-state index in [9.17, 15) is 15.2 Å². The van der Waals surface area contributed by atoms with E-state index >= 15 is 0 Å². The Morgan fingerprint density at radius 3 is 2.47 bits per heavy atom. The molecule has 4 aromatic rings. The molecule has 34 heavy (non-hydrogen) atoms. The predicted octanol–water partition coefficient (Wildman–Crippen LogP) is 4.36. The Hall–Kier alpha value is -4.01. The van der Waals surface area contributed by atoms with Crippen molar-refractivity contribution < 1.29 is 10.0 Å². The Bertz CT molecular complexity index is 1340. The standard InChI is InChI=1S/C26H25N5O3/c32-26-24(22-16-21(31(33)34)10-11-23(22)29-26)25(19-4-2-1-3-5-19)28-20-8-6-18(7-9-20)17-30-14-12-27-13-15-30/h1-11,16,27,29,32H,12-15,17H2. The highest BCUT2D eigenvalue weighted by Crippen LogP contribution is 2.33. The van der Waals surface area contributed by atoms with E-state index in [0.29, 0.717) is 22.2 Å². The summed E-state index contributed by atoms with van der Waals surface area (Å²) in [6, 6.07) is 22.1. The molecule has 172 valence electrons. The van der Waals surface area contributed by atoms with Gasteiger partial charge in [-0.3, -0.25) is 15.0 Å². The maximum atomic E-state index is 11.4. The lowest BCUT2D eigenvalue weighted by atomic mass is 10.0. The number of benzene rings is 3. The number of non-ortho nitro benzene ring substituents is 1. The lowest BCUT2D eigenvalue weighted by molar-refractivity contribution is -0.384. The van der Waals surface area contributed by atoms with Gasteiger partial charge in [0.15, 0.2) is 5.88 Å². The minimum absolute atomic E-state index is 0.0440. The van der Waals surface area contributed by atoms with Crippen LogP contribution < -0.4 is 5.32 Å². The van der Waals surface area contributed by atoms with Crippen molar-refractivity contribution in [1.29, 1.82) is 0 Å². The molecule has 8 heteroatoms. The van der Waals surface area contributed by atoms with Crippen LogP contribution in [-0.4, -0.2) is 51.8 Å². The third kappa shape index (κ3) is 4.54. The van der Waals surface area contributed by atoms with Gasteiger partial charge in [-0.1, -0.05) is 42.5 Å². The van der Waals surface area contributed by atoms with Crippen LogP contribution in [-0.2, 0) is 6.54 Å². The van der Waals surface area contributed by atoms with E-state index in [2.05, 4.69) is 27.3 Å². The van der Waals surface area contributed by atoms with Gasteiger partial charge < -0.3 is 15.4 Å². The highest BCUT2D eigenvalue weighted by atomic mass is 16.6. The molecule has 0 bridgehead atoms. The average Bonchev–Trinajstić information content (AvgIpc) is 3.19. The van der Waals surface area contributed by atoms with Crippen molar-refractivity contribution in [1.82, 2.24) is 15.2 Å². The molecule has 1 aromatic heterocycles. The molecule has 0 radical (unpaired) electrons. The average molecular weight is 456 g/mol. The van der Waals surface area contributed by atoms with Gasteiger partial charge in [0.05, 0.1) is 21.9 Å². The molecule has 1 saturated heterocycles. The molecule has 1 aliphatic rings. The second-order valence-corrected chi connectivity index (χ2v) is 8.35. The zero-order valence-corrected chi connectivity index (χ0v) is 18.6. The van der Waals surface area contributed by atoms with Crippen molar-refractivity contribution in [2.75, 3.05) is 26.2 Å². The Balaban J connectivity index is 1.56. The van der Waals surface area contributed by atoms with E-state index in [1.807, 2.05) is 42.5 Å². The number of nitrogens with zero attached hydrogens (tertiary/aromatic N) is 3. The van der Waals surface area contributed by atoms with Gasteiger partial charge in [-0.2, -0.15) is 0 Å². The van der Waals surface area contributed by atoms with E-state index in [-0.39, 0.29) is 11.6 Å². The van der Waals surface area contributed by atoms with Crippen LogP contribution in [0.5, 0.6) is 5.88 Å². The smallest absolute Gasteiger partial charge is 0.270 e. The van der Waals surface area contributed by atoms with Crippen molar-refractivity contribution >= 4 is 28.0 Å². The lowest BCUT2D eigenvalue weighted by Gasteiger charge is -2.27. The summed E-state index contributed by atoms with van der Waals surface area (Å²) in [7, 11) is 0. The van der Waals surface area contributed by atoms with E-state index in [0.717, 1.165) is 44.0 Å². The van der Waals surface area contributed by atoms with Crippen molar-refractivity contribution in [3.05, 3.63) is 99.6 Å². The summed E-state index contributed by atoms with van der Waals surface area (Å²) in [5, 5.41) is 26.1. The molecular formula is C26H25N5O3. The maximum Gasteiger partial charge on any atom is 0.270 e. The summed E-state index contributed by atoms with van der Waals surface area (Å²) >= 11 is 0. The molecule has 0 atom stereocenters. The second-order valence-electron chi connectivity index (χ2n) is 8.35. The minimum atomic E-state index is -0.441. The number of aromatic nitrogens is 1. The van der Waals surface area contributed by atoms with Crippen molar-refractivity contribution in [2.45, 2.75) is 6.54 Å². The zero-order chi connectivity index (χ0) is 23.5. The number of fused-ring (bicyclic) bond motifs is 1. The molecule has 1 aliphatic heterocycles. The van der Waals surface area contributed by atoms with Gasteiger partial charge >= 0.3 is 0 Å². The first-order valence-corrected chi connectivity index (χ1v) is 11.2. The van der Waals surface area contributed by atoms with E-state index in [1.54, 1.807) is 6.07 Å². The number of aliphatic imine (C=N–C) groups is 1. The number of H-pyrrole nitrogens is 1. The molecule has 8 nitrogen and oxygen atoms in total. The highest BCUT2D eigenvalue weighted by Gasteiger charge is 2.21. The maximum absolute atomic E-state index is 11.4. The number of aromatic hydroxyl groups is 1. The van der Waals surface area contributed by atoms with Gasteiger partial charge in [0.1, 0.15) is 0 Å². The number of aromatic amines is 1. The predicted molar refractivity (Wildman–Crippen MR) is 133 cm³/mol. The topological polar surface area (TPSA) is 107 Å². The number of nitrogens with one attached hydrogen (secondary N) is 2. The molecule has 0 saturated carbocycles. The Morgan fingerprint density at radius 1 is 1.03 bits per heavy atom. The summed E-state index contributed by atoms with van der Waals surface area (Å²) in [4.78, 5) is 21.2. The number of hydrogen-bond acceptors (Lipinski definition) is 6. The highest BCUT2D eigenvalue weighted by molar-refractivity contribution is 6.22. The van der Waals surface area contributed by atoms with Crippen LogP contribution in [0.15, 0.2) is 77.8 Å². The minimum Gasteiger partial charge on any atom is -0.494 e. The fraction of sp³-hybridized carbons (Fsp3) is 0.192. The first-order chi connectivity index (χ1) is 16.6. The number of nitro groups is 1. The summed E-state index contributed by atoms with van der Waals surface area (Å²) in [5.74, 6) is -0.0755. The molecule has 3 N–H and O–H groups in total. The Morgan fingerprint density at radius 2 is 1.76 bits per heavy atom. The monoisotopic (exact) mass is 455 g/mol. The lowest BCUT2D eigenvalue weighted by Crippen LogP contribution is -2.42. The Kier molecular flexibility index (Phi) is 6.07. The first kappa shape index (κ1) is 21.8. The molecule has 0 amide bonds. The Labute approximate surface area is 196 Å².